The molecule has 1 N–H and O–H groups in total. The first-order valence-electron chi connectivity index (χ1n) is 5.40. The number of benzene rings is 1. The maximum atomic E-state index is 13.3. The smallest absolute Gasteiger partial charge is 0.127 e. The van der Waals surface area contributed by atoms with Crippen molar-refractivity contribution < 1.29 is 4.39 Å². The van der Waals surface area contributed by atoms with Gasteiger partial charge in [-0.15, -0.1) is 0 Å². The molecule has 1 aromatic carbocycles. The van der Waals surface area contributed by atoms with E-state index in [4.69, 9.17) is 0 Å². The van der Waals surface area contributed by atoms with E-state index in [0.717, 1.165) is 22.5 Å². The van der Waals surface area contributed by atoms with Gasteiger partial charge in [0.15, 0.2) is 0 Å². The molecule has 0 aliphatic heterocycles. The summed E-state index contributed by atoms with van der Waals surface area (Å²) in [5, 5.41) is 3.28. The lowest BCUT2D eigenvalue weighted by Crippen LogP contribution is -2.16. The average Bonchev–Trinajstić information content (AvgIpc) is 3.01. The van der Waals surface area contributed by atoms with Crippen LogP contribution in [0.25, 0.3) is 0 Å². The summed E-state index contributed by atoms with van der Waals surface area (Å²) in [4.78, 5) is 0. The molecule has 1 aliphatic carbocycles. The molecule has 1 nitrogen and oxygen atoms in total. The van der Waals surface area contributed by atoms with Gasteiger partial charge in [-0.1, -0.05) is 28.8 Å². The van der Waals surface area contributed by atoms with Crippen molar-refractivity contribution in [3.63, 3.8) is 0 Å². The van der Waals surface area contributed by atoms with E-state index in [9.17, 15) is 4.39 Å². The third-order valence-electron chi connectivity index (χ3n) is 2.75. The van der Waals surface area contributed by atoms with Gasteiger partial charge >= 0.3 is 0 Å². The Kier molecular flexibility index (Phi) is 3.76. The van der Waals surface area contributed by atoms with E-state index in [1.165, 1.54) is 25.3 Å². The molecule has 0 saturated heterocycles. The fourth-order valence-corrected chi connectivity index (χ4v) is 2.02. The van der Waals surface area contributed by atoms with Crippen LogP contribution in [0.1, 0.15) is 24.8 Å². The van der Waals surface area contributed by atoms with Crippen LogP contribution in [0, 0.1) is 11.7 Å². The Morgan fingerprint density at radius 3 is 2.93 bits per heavy atom. The quantitative estimate of drug-likeness (QED) is 0.809. The van der Waals surface area contributed by atoms with Gasteiger partial charge < -0.3 is 5.32 Å². The number of nitrogens with one attached hydrogen (secondary N) is 1. The summed E-state index contributed by atoms with van der Waals surface area (Å²) in [6.45, 7) is 1.62. The van der Waals surface area contributed by atoms with E-state index in [-0.39, 0.29) is 5.82 Å². The normalized spacial score (nSPS) is 15.6. The summed E-state index contributed by atoms with van der Waals surface area (Å²) < 4.78 is 14.2. The van der Waals surface area contributed by atoms with Crippen LogP contribution in [-0.4, -0.2) is 6.54 Å². The Morgan fingerprint density at radius 2 is 2.20 bits per heavy atom. The SMILES string of the molecule is Fc1ccc(Br)cc1CNCCC1CC1. The molecule has 2 rings (SSSR count). The Bertz CT molecular complexity index is 336. The fraction of sp³-hybridized carbons (Fsp3) is 0.500. The van der Waals surface area contributed by atoms with Gasteiger partial charge in [0.25, 0.3) is 0 Å². The van der Waals surface area contributed by atoms with Crippen LogP contribution in [-0.2, 0) is 6.54 Å². The molecule has 1 aromatic rings. The van der Waals surface area contributed by atoms with Crippen molar-refractivity contribution in [3.05, 3.63) is 34.1 Å². The highest BCUT2D eigenvalue weighted by molar-refractivity contribution is 9.10. The second kappa shape index (κ2) is 5.08. The molecular weight excluding hydrogens is 257 g/mol. The zero-order chi connectivity index (χ0) is 10.7. The second-order valence-corrected chi connectivity index (χ2v) is 5.06. The van der Waals surface area contributed by atoms with Gasteiger partial charge in [0.2, 0.25) is 0 Å². The Morgan fingerprint density at radius 1 is 1.40 bits per heavy atom. The second-order valence-electron chi connectivity index (χ2n) is 4.14. The van der Waals surface area contributed by atoms with E-state index in [2.05, 4.69) is 21.2 Å². The molecule has 0 amide bonds. The maximum Gasteiger partial charge on any atom is 0.127 e. The first-order valence-corrected chi connectivity index (χ1v) is 6.19. The van der Waals surface area contributed by atoms with Crippen LogP contribution in [0.2, 0.25) is 0 Å². The highest BCUT2D eigenvalue weighted by Crippen LogP contribution is 2.31. The minimum absolute atomic E-state index is 0.128. The molecule has 0 aromatic heterocycles. The van der Waals surface area contributed by atoms with Gasteiger partial charge in [0.1, 0.15) is 5.82 Å². The third-order valence-corrected chi connectivity index (χ3v) is 3.24. The van der Waals surface area contributed by atoms with Gasteiger partial charge in [-0.25, -0.2) is 4.39 Å². The predicted molar refractivity (Wildman–Crippen MR) is 63.1 cm³/mol. The fourth-order valence-electron chi connectivity index (χ4n) is 1.61. The Labute approximate surface area is 98.2 Å². The highest BCUT2D eigenvalue weighted by atomic mass is 79.9. The summed E-state index contributed by atoms with van der Waals surface area (Å²) in [5.41, 5.74) is 0.736. The first-order chi connectivity index (χ1) is 7.25. The van der Waals surface area contributed by atoms with Crippen LogP contribution in [0.15, 0.2) is 22.7 Å². The van der Waals surface area contributed by atoms with Crippen molar-refractivity contribution in [2.75, 3.05) is 6.54 Å². The van der Waals surface area contributed by atoms with Crippen LogP contribution in [0.4, 0.5) is 4.39 Å². The zero-order valence-corrected chi connectivity index (χ0v) is 10.2. The lowest BCUT2D eigenvalue weighted by atomic mass is 10.2. The summed E-state index contributed by atoms with van der Waals surface area (Å²) >= 11 is 3.34. The lowest BCUT2D eigenvalue weighted by molar-refractivity contribution is 0.571. The molecule has 0 radical (unpaired) electrons. The van der Waals surface area contributed by atoms with Crippen LogP contribution >= 0.6 is 15.9 Å². The van der Waals surface area contributed by atoms with Crippen LogP contribution in [0.3, 0.4) is 0 Å². The zero-order valence-electron chi connectivity index (χ0n) is 8.60. The van der Waals surface area contributed by atoms with E-state index < -0.39 is 0 Å². The molecule has 3 heteroatoms. The first kappa shape index (κ1) is 11.1. The Balaban J connectivity index is 1.78. The molecule has 0 heterocycles. The largest absolute Gasteiger partial charge is 0.313 e. The van der Waals surface area contributed by atoms with Crippen molar-refractivity contribution in [2.45, 2.75) is 25.8 Å². The minimum atomic E-state index is -0.128. The van der Waals surface area contributed by atoms with E-state index in [1.54, 1.807) is 6.07 Å². The van der Waals surface area contributed by atoms with Crippen molar-refractivity contribution in [1.82, 2.24) is 5.32 Å². The standard InChI is InChI=1S/C12H15BrFN/c13-11-3-4-12(14)10(7-11)8-15-6-5-9-1-2-9/h3-4,7,9,15H,1-2,5-6,8H2. The van der Waals surface area contributed by atoms with Gasteiger partial charge in [-0.05, 0) is 37.1 Å². The molecule has 0 atom stereocenters. The molecule has 15 heavy (non-hydrogen) atoms. The molecule has 0 bridgehead atoms. The van der Waals surface area contributed by atoms with Crippen LogP contribution in [0.5, 0.6) is 0 Å². The van der Waals surface area contributed by atoms with Crippen molar-refractivity contribution in [2.24, 2.45) is 5.92 Å². The number of halogens is 2. The summed E-state index contributed by atoms with van der Waals surface area (Å²) in [7, 11) is 0. The van der Waals surface area contributed by atoms with Gasteiger partial charge in [-0.3, -0.25) is 0 Å². The third kappa shape index (κ3) is 3.58. The van der Waals surface area contributed by atoms with E-state index in [1.807, 2.05) is 6.07 Å². The van der Waals surface area contributed by atoms with E-state index in [0.29, 0.717) is 6.54 Å². The number of rotatable bonds is 5. The van der Waals surface area contributed by atoms with Gasteiger partial charge in [-0.2, -0.15) is 0 Å². The number of hydrogen-bond acceptors (Lipinski definition) is 1. The Hall–Kier alpha value is -0.410. The maximum absolute atomic E-state index is 13.3. The van der Waals surface area contributed by atoms with E-state index >= 15 is 0 Å². The van der Waals surface area contributed by atoms with Crippen molar-refractivity contribution in [3.8, 4) is 0 Å². The van der Waals surface area contributed by atoms with Gasteiger partial charge in [0.05, 0.1) is 0 Å². The van der Waals surface area contributed by atoms with Crippen molar-refractivity contribution >= 4 is 15.9 Å². The van der Waals surface area contributed by atoms with Crippen molar-refractivity contribution in [1.29, 1.82) is 0 Å². The summed E-state index contributed by atoms with van der Waals surface area (Å²) in [6, 6.07) is 5.06. The molecular formula is C12H15BrFN. The highest BCUT2D eigenvalue weighted by Gasteiger charge is 2.19. The average molecular weight is 272 g/mol. The van der Waals surface area contributed by atoms with Gasteiger partial charge in [0, 0.05) is 16.6 Å². The molecule has 1 saturated carbocycles. The number of hydrogen-bond donors (Lipinski definition) is 1. The molecule has 82 valence electrons. The predicted octanol–water partition coefficient (Wildman–Crippen LogP) is 3.48. The molecule has 0 unspecified atom stereocenters. The summed E-state index contributed by atoms with van der Waals surface area (Å²) in [6.07, 6.45) is 4.00. The lowest BCUT2D eigenvalue weighted by Gasteiger charge is -2.06. The minimum Gasteiger partial charge on any atom is -0.313 e. The van der Waals surface area contributed by atoms with Crippen LogP contribution < -0.4 is 5.32 Å². The molecule has 1 fully saturated rings. The monoisotopic (exact) mass is 271 g/mol. The summed E-state index contributed by atoms with van der Waals surface area (Å²) in [5.74, 6) is 0.807. The molecule has 0 spiro atoms. The topological polar surface area (TPSA) is 12.0 Å². The molecule has 1 aliphatic rings.